The Labute approximate surface area is 200 Å². The molecule has 4 aromatic rings. The summed E-state index contributed by atoms with van der Waals surface area (Å²) in [5.41, 5.74) is 2.67. The van der Waals surface area contributed by atoms with Crippen molar-refractivity contribution < 1.29 is 14.3 Å². The monoisotopic (exact) mass is 459 g/mol. The largest absolute Gasteiger partial charge is 0.514 e. The fraction of sp³-hybridized carbons (Fsp3) is 0.393. The Hall–Kier alpha value is -3.41. The smallest absolute Gasteiger partial charge is 0.428 e. The topological polar surface area (TPSA) is 66.2 Å². The SMILES string of the molecule is CC(C)(C)OC(=O)Oc1cc2ccccc2cc1-n1nc2ccc(C(C)(C)C(C)(C)C)cc2n1. The molecule has 0 unspecified atom stereocenters. The van der Waals surface area contributed by atoms with Crippen molar-refractivity contribution in [2.75, 3.05) is 0 Å². The lowest BCUT2D eigenvalue weighted by atomic mass is 9.65. The third-order valence-electron chi connectivity index (χ3n) is 6.60. The zero-order valence-corrected chi connectivity index (χ0v) is 21.3. The van der Waals surface area contributed by atoms with E-state index in [9.17, 15) is 4.79 Å². The van der Waals surface area contributed by atoms with Gasteiger partial charge in [0.2, 0.25) is 0 Å². The van der Waals surface area contributed by atoms with Crippen LogP contribution in [0.5, 0.6) is 5.75 Å². The first kappa shape index (κ1) is 23.7. The summed E-state index contributed by atoms with van der Waals surface area (Å²) in [5.74, 6) is 0.337. The van der Waals surface area contributed by atoms with Crippen LogP contribution in [0.3, 0.4) is 0 Å². The molecule has 1 heterocycles. The van der Waals surface area contributed by atoms with Crippen LogP contribution in [-0.4, -0.2) is 26.8 Å². The molecule has 0 bridgehead atoms. The Morgan fingerprint density at radius 1 is 0.794 bits per heavy atom. The van der Waals surface area contributed by atoms with Crippen LogP contribution in [0.2, 0.25) is 0 Å². The molecule has 6 heteroatoms. The minimum atomic E-state index is -0.769. The second-order valence-electron chi connectivity index (χ2n) is 11.3. The average molecular weight is 460 g/mol. The molecule has 0 aliphatic carbocycles. The van der Waals surface area contributed by atoms with E-state index in [-0.39, 0.29) is 10.8 Å². The molecule has 0 saturated heterocycles. The Balaban J connectivity index is 1.81. The van der Waals surface area contributed by atoms with Gasteiger partial charge in [0.15, 0.2) is 5.75 Å². The molecular weight excluding hydrogens is 426 g/mol. The first-order valence-corrected chi connectivity index (χ1v) is 11.6. The maximum Gasteiger partial charge on any atom is 0.514 e. The van der Waals surface area contributed by atoms with Crippen LogP contribution in [0.1, 0.15) is 61.0 Å². The summed E-state index contributed by atoms with van der Waals surface area (Å²) in [7, 11) is 0. The van der Waals surface area contributed by atoms with Crippen molar-refractivity contribution in [1.29, 1.82) is 0 Å². The highest BCUT2D eigenvalue weighted by molar-refractivity contribution is 5.88. The molecule has 34 heavy (non-hydrogen) atoms. The maximum absolute atomic E-state index is 12.5. The van der Waals surface area contributed by atoms with E-state index in [0.717, 1.165) is 21.8 Å². The first-order valence-electron chi connectivity index (χ1n) is 11.6. The summed E-state index contributed by atoms with van der Waals surface area (Å²) in [6, 6.07) is 17.8. The van der Waals surface area contributed by atoms with Crippen molar-refractivity contribution >= 4 is 28.0 Å². The van der Waals surface area contributed by atoms with Gasteiger partial charge in [-0.05, 0) is 72.2 Å². The van der Waals surface area contributed by atoms with Crippen molar-refractivity contribution in [1.82, 2.24) is 15.0 Å². The lowest BCUT2D eigenvalue weighted by Gasteiger charge is -2.39. The van der Waals surface area contributed by atoms with Crippen molar-refractivity contribution in [2.24, 2.45) is 5.41 Å². The van der Waals surface area contributed by atoms with Crippen molar-refractivity contribution in [3.8, 4) is 11.4 Å². The van der Waals surface area contributed by atoms with Gasteiger partial charge in [-0.2, -0.15) is 0 Å². The summed E-state index contributed by atoms with van der Waals surface area (Å²) >= 11 is 0. The Bertz CT molecular complexity index is 1370. The lowest BCUT2D eigenvalue weighted by molar-refractivity contribution is 0.0206. The van der Waals surface area contributed by atoms with Gasteiger partial charge in [0.05, 0.1) is 0 Å². The Morgan fingerprint density at radius 3 is 2.03 bits per heavy atom. The van der Waals surface area contributed by atoms with Gasteiger partial charge in [-0.1, -0.05) is 65.0 Å². The molecule has 178 valence electrons. The standard InChI is InChI=1S/C28H33N3O3/c1-26(2,3)28(7,8)20-13-14-21-22(17-20)30-31(29-21)23-15-18-11-9-10-12-19(18)16-24(23)33-25(32)34-27(4,5)6/h9-17H,1-8H3. The van der Waals surface area contributed by atoms with Crippen molar-refractivity contribution in [2.45, 2.75) is 66.4 Å². The van der Waals surface area contributed by atoms with Crippen LogP contribution in [0.25, 0.3) is 27.5 Å². The number of hydrogen-bond acceptors (Lipinski definition) is 5. The molecule has 3 aromatic carbocycles. The second kappa shape index (κ2) is 8.12. The van der Waals surface area contributed by atoms with Gasteiger partial charge < -0.3 is 9.47 Å². The van der Waals surface area contributed by atoms with Gasteiger partial charge in [0.25, 0.3) is 0 Å². The van der Waals surface area contributed by atoms with Crippen molar-refractivity contribution in [3.63, 3.8) is 0 Å². The van der Waals surface area contributed by atoms with Crippen LogP contribution >= 0.6 is 0 Å². The highest BCUT2D eigenvalue weighted by Gasteiger charge is 2.34. The molecule has 1 aromatic heterocycles. The van der Waals surface area contributed by atoms with E-state index in [1.54, 1.807) is 20.8 Å². The summed E-state index contributed by atoms with van der Waals surface area (Å²) in [6.45, 7) is 16.6. The number of fused-ring (bicyclic) bond motifs is 2. The molecule has 6 nitrogen and oxygen atoms in total. The zero-order valence-electron chi connectivity index (χ0n) is 21.3. The Kier molecular flexibility index (Phi) is 5.67. The molecule has 0 N–H and O–H groups in total. The molecular formula is C28H33N3O3. The average Bonchev–Trinajstić information content (AvgIpc) is 3.14. The predicted molar refractivity (Wildman–Crippen MR) is 136 cm³/mol. The number of carbonyl (C=O) groups is 1. The Morgan fingerprint density at radius 2 is 1.41 bits per heavy atom. The molecule has 0 aliphatic rings. The van der Waals surface area contributed by atoms with Crippen molar-refractivity contribution in [3.05, 3.63) is 60.2 Å². The van der Waals surface area contributed by atoms with E-state index in [4.69, 9.17) is 19.7 Å². The third-order valence-corrected chi connectivity index (χ3v) is 6.60. The van der Waals surface area contributed by atoms with E-state index in [1.807, 2.05) is 42.5 Å². The molecule has 0 spiro atoms. The van der Waals surface area contributed by atoms with Crippen LogP contribution < -0.4 is 4.74 Å². The number of nitrogens with zero attached hydrogens (tertiary/aromatic N) is 3. The fourth-order valence-electron chi connectivity index (χ4n) is 3.65. The predicted octanol–water partition coefficient (Wildman–Crippen LogP) is 7.21. The first-order chi connectivity index (χ1) is 15.7. The highest BCUT2D eigenvalue weighted by atomic mass is 16.7. The molecule has 0 atom stereocenters. The number of benzene rings is 3. The van der Waals surface area contributed by atoms with E-state index in [0.29, 0.717) is 11.4 Å². The lowest BCUT2D eigenvalue weighted by Crippen LogP contribution is -2.33. The van der Waals surface area contributed by atoms with Gasteiger partial charge >= 0.3 is 6.16 Å². The van der Waals surface area contributed by atoms with Crippen LogP contribution in [0.4, 0.5) is 4.79 Å². The van der Waals surface area contributed by atoms with Crippen LogP contribution in [-0.2, 0) is 10.2 Å². The van der Waals surface area contributed by atoms with Gasteiger partial charge in [-0.3, -0.25) is 0 Å². The number of rotatable bonds is 3. The van der Waals surface area contributed by atoms with Crippen LogP contribution in [0.15, 0.2) is 54.6 Å². The quantitative estimate of drug-likeness (QED) is 0.239. The number of aromatic nitrogens is 3. The van der Waals surface area contributed by atoms with Gasteiger partial charge in [0.1, 0.15) is 22.3 Å². The molecule has 0 amide bonds. The zero-order chi connectivity index (χ0) is 24.9. The number of hydrogen-bond donors (Lipinski definition) is 0. The molecule has 0 fully saturated rings. The van der Waals surface area contributed by atoms with Gasteiger partial charge in [-0.15, -0.1) is 15.0 Å². The summed E-state index contributed by atoms with van der Waals surface area (Å²) < 4.78 is 11.0. The number of carbonyl (C=O) groups excluding carboxylic acids is 1. The normalized spacial score (nSPS) is 12.8. The van der Waals surface area contributed by atoms with E-state index < -0.39 is 11.8 Å². The number of ether oxygens (including phenoxy) is 2. The minimum Gasteiger partial charge on any atom is -0.428 e. The second-order valence-corrected chi connectivity index (χ2v) is 11.3. The summed E-state index contributed by atoms with van der Waals surface area (Å²) in [5, 5.41) is 11.4. The molecule has 0 radical (unpaired) electrons. The van der Waals surface area contributed by atoms with E-state index in [2.05, 4.69) is 46.8 Å². The molecule has 0 aliphatic heterocycles. The summed E-state index contributed by atoms with van der Waals surface area (Å²) in [4.78, 5) is 14.0. The van der Waals surface area contributed by atoms with Gasteiger partial charge in [-0.25, -0.2) is 4.79 Å². The minimum absolute atomic E-state index is 0.0566. The summed E-state index contributed by atoms with van der Waals surface area (Å²) in [6.07, 6.45) is -0.769. The van der Waals surface area contributed by atoms with E-state index in [1.165, 1.54) is 10.4 Å². The fourth-order valence-corrected chi connectivity index (χ4v) is 3.65. The van der Waals surface area contributed by atoms with Gasteiger partial charge in [0, 0.05) is 0 Å². The molecule has 4 rings (SSSR count). The maximum atomic E-state index is 12.5. The highest BCUT2D eigenvalue weighted by Crippen LogP contribution is 2.41. The van der Waals surface area contributed by atoms with E-state index >= 15 is 0 Å². The molecule has 0 saturated carbocycles. The third kappa shape index (κ3) is 4.63. The van der Waals surface area contributed by atoms with Crippen LogP contribution in [0, 0.1) is 5.41 Å².